The molecule has 2 aliphatic rings. The van der Waals surface area contributed by atoms with Crippen LogP contribution in [0.2, 0.25) is 5.02 Å². The zero-order chi connectivity index (χ0) is 27.8. The Hall–Kier alpha value is -4.23. The Bertz CT molecular complexity index is 1590. The van der Waals surface area contributed by atoms with Crippen molar-refractivity contribution in [3.63, 3.8) is 0 Å². The van der Waals surface area contributed by atoms with Crippen LogP contribution in [0.25, 0.3) is 22.5 Å². The largest absolute Gasteiger partial charge is 0.383 e. The maximum atomic E-state index is 15.3. The van der Waals surface area contributed by atoms with Gasteiger partial charge in [0.2, 0.25) is 5.91 Å². The highest BCUT2D eigenvalue weighted by atomic mass is 35.5. The van der Waals surface area contributed by atoms with Gasteiger partial charge in [0, 0.05) is 43.1 Å². The molecule has 40 heavy (non-hydrogen) atoms. The number of amides is 1. The summed E-state index contributed by atoms with van der Waals surface area (Å²) in [7, 11) is 1.56. The fraction of sp³-hybridized carbons (Fsp3) is 0.308. The Balaban J connectivity index is 1.27. The lowest BCUT2D eigenvalue weighted by molar-refractivity contribution is -0.129. The number of hydrogen-bond acceptors (Lipinski definition) is 8. The first-order valence-electron chi connectivity index (χ1n) is 12.6. The van der Waals surface area contributed by atoms with Crippen molar-refractivity contribution < 1.29 is 18.3 Å². The fourth-order valence-electron chi connectivity index (χ4n) is 5.39. The van der Waals surface area contributed by atoms with Gasteiger partial charge >= 0.3 is 0 Å². The van der Waals surface area contributed by atoms with Crippen LogP contribution in [0.1, 0.15) is 36.7 Å². The number of pyridine rings is 1. The summed E-state index contributed by atoms with van der Waals surface area (Å²) in [4.78, 5) is 27.0. The molecule has 206 valence electrons. The van der Waals surface area contributed by atoms with Crippen molar-refractivity contribution in [1.82, 2.24) is 40.1 Å². The molecule has 1 amide bonds. The summed E-state index contributed by atoms with van der Waals surface area (Å²) in [6.07, 6.45) is 7.59. The van der Waals surface area contributed by atoms with Gasteiger partial charge in [0.1, 0.15) is 12.2 Å². The third-order valence-corrected chi connectivity index (χ3v) is 7.48. The Labute approximate surface area is 232 Å². The summed E-state index contributed by atoms with van der Waals surface area (Å²) in [5, 5.41) is 14.0. The Kier molecular flexibility index (Phi) is 6.98. The Morgan fingerprint density at radius 2 is 2.08 bits per heavy atom. The van der Waals surface area contributed by atoms with Gasteiger partial charge in [-0.2, -0.15) is 4.68 Å². The van der Waals surface area contributed by atoms with Crippen molar-refractivity contribution in [3.05, 3.63) is 71.0 Å². The normalized spacial score (nSPS) is 18.6. The number of rotatable bonds is 8. The third-order valence-electron chi connectivity index (χ3n) is 7.19. The lowest BCUT2D eigenvalue weighted by Gasteiger charge is -2.33. The van der Waals surface area contributed by atoms with Gasteiger partial charge < -0.3 is 19.9 Å². The van der Waals surface area contributed by atoms with Crippen molar-refractivity contribution >= 4 is 28.9 Å². The van der Waals surface area contributed by atoms with Crippen LogP contribution < -0.4 is 5.32 Å². The number of aromatic amines is 1. The highest BCUT2D eigenvalue weighted by Gasteiger charge is 2.42. The van der Waals surface area contributed by atoms with Crippen LogP contribution in [0, 0.1) is 11.6 Å². The summed E-state index contributed by atoms with van der Waals surface area (Å²) in [6.45, 7) is 0.815. The molecule has 0 aliphatic carbocycles. The minimum absolute atomic E-state index is 0.0598. The Morgan fingerprint density at radius 1 is 1.20 bits per heavy atom. The van der Waals surface area contributed by atoms with Crippen molar-refractivity contribution in [1.29, 1.82) is 0 Å². The second-order valence-electron chi connectivity index (χ2n) is 9.50. The number of carbonyl (C=O) groups is 1. The summed E-state index contributed by atoms with van der Waals surface area (Å²) in [6, 6.07) is 4.10. The van der Waals surface area contributed by atoms with Crippen molar-refractivity contribution in [2.75, 3.05) is 25.6 Å². The van der Waals surface area contributed by atoms with E-state index in [1.165, 1.54) is 29.3 Å². The maximum Gasteiger partial charge on any atom is 0.247 e. The molecule has 2 aliphatic heterocycles. The summed E-state index contributed by atoms with van der Waals surface area (Å²) >= 11 is 6.11. The standard InChI is InChI=1S/C26H24ClF2N9O2/c1-40-9-8-31-26-23(28)16(6-7-30-26)18-12-32-25(34-18)20-4-2-15-10-14(11-21(39)38(15)20)22-19(37-13-33-35-36-37)5-3-17(27)24(22)29/h3,5-7,11-13,15,20H,2,4,8-10H2,1H3,(H,30,31)(H,32,34)/t15?,20-/m0/s1. The topological polar surface area (TPSA) is 127 Å². The average Bonchev–Trinajstić information content (AvgIpc) is 3.72. The van der Waals surface area contributed by atoms with E-state index < -0.39 is 11.6 Å². The number of ether oxygens (including phenoxy) is 1. The molecular formula is C26H24ClF2N9O2. The van der Waals surface area contributed by atoms with Gasteiger partial charge in [0.25, 0.3) is 0 Å². The molecule has 11 nitrogen and oxygen atoms in total. The molecule has 1 unspecified atom stereocenters. The first-order chi connectivity index (χ1) is 19.5. The van der Waals surface area contributed by atoms with E-state index in [4.69, 9.17) is 16.3 Å². The number of nitrogens with one attached hydrogen (secondary N) is 2. The predicted octanol–water partition coefficient (Wildman–Crippen LogP) is 3.96. The number of hydrogen-bond donors (Lipinski definition) is 2. The van der Waals surface area contributed by atoms with E-state index in [9.17, 15) is 4.79 Å². The molecule has 3 aromatic heterocycles. The SMILES string of the molecule is COCCNc1nccc(-c2cnc([C@@H]3CCC4CC(c5c(-n6cnnn6)ccc(Cl)c5F)=CC(=O)N43)[nH]2)c1F. The number of aromatic nitrogens is 7. The average molecular weight is 568 g/mol. The molecule has 0 spiro atoms. The molecule has 1 saturated heterocycles. The van der Waals surface area contributed by atoms with Crippen LogP contribution in [0.3, 0.4) is 0 Å². The maximum absolute atomic E-state index is 15.3. The van der Waals surface area contributed by atoms with E-state index in [-0.39, 0.29) is 34.4 Å². The molecule has 14 heteroatoms. The summed E-state index contributed by atoms with van der Waals surface area (Å²) < 4.78 is 36.8. The summed E-state index contributed by atoms with van der Waals surface area (Å²) in [5.41, 5.74) is 1.88. The van der Waals surface area contributed by atoms with Crippen LogP contribution >= 0.6 is 11.6 Å². The number of fused-ring (bicyclic) bond motifs is 1. The van der Waals surface area contributed by atoms with Gasteiger partial charge in [-0.05, 0) is 53.5 Å². The number of halogens is 3. The molecule has 0 saturated carbocycles. The van der Waals surface area contributed by atoms with Gasteiger partial charge in [0.15, 0.2) is 17.5 Å². The van der Waals surface area contributed by atoms with E-state index in [1.54, 1.807) is 30.3 Å². The minimum Gasteiger partial charge on any atom is -0.383 e. The molecule has 2 N–H and O–H groups in total. The molecule has 4 aromatic rings. The number of methoxy groups -OCH3 is 1. The third kappa shape index (κ3) is 4.60. The summed E-state index contributed by atoms with van der Waals surface area (Å²) in [5.74, 6) is -0.751. The van der Waals surface area contributed by atoms with Crippen LogP contribution in [0.15, 0.2) is 43.0 Å². The van der Waals surface area contributed by atoms with Crippen molar-refractivity contribution in [2.24, 2.45) is 0 Å². The second-order valence-corrected chi connectivity index (χ2v) is 9.91. The van der Waals surface area contributed by atoms with Crippen LogP contribution in [-0.4, -0.2) is 72.3 Å². The monoisotopic (exact) mass is 567 g/mol. The quantitative estimate of drug-likeness (QED) is 0.306. The number of imidazole rings is 1. The van der Waals surface area contributed by atoms with Crippen molar-refractivity contribution in [2.45, 2.75) is 31.3 Å². The van der Waals surface area contributed by atoms with E-state index >= 15 is 8.78 Å². The lowest BCUT2D eigenvalue weighted by atomic mass is 9.92. The van der Waals surface area contributed by atoms with Crippen molar-refractivity contribution in [3.8, 4) is 16.9 Å². The molecule has 6 rings (SSSR count). The molecule has 1 fully saturated rings. The van der Waals surface area contributed by atoms with E-state index in [2.05, 4.69) is 35.8 Å². The molecule has 5 heterocycles. The van der Waals surface area contributed by atoms with E-state index in [1.807, 2.05) is 0 Å². The number of anilines is 1. The van der Waals surface area contributed by atoms with E-state index in [0.29, 0.717) is 60.8 Å². The Morgan fingerprint density at radius 3 is 2.88 bits per heavy atom. The number of nitrogens with zero attached hydrogens (tertiary/aromatic N) is 7. The van der Waals surface area contributed by atoms with Gasteiger partial charge in [-0.25, -0.2) is 18.7 Å². The highest BCUT2D eigenvalue weighted by Crippen LogP contribution is 2.44. The molecule has 0 bridgehead atoms. The number of carbonyl (C=O) groups excluding carboxylic acids is 1. The fourth-order valence-corrected chi connectivity index (χ4v) is 5.55. The first-order valence-corrected chi connectivity index (χ1v) is 13.0. The van der Waals surface area contributed by atoms with Gasteiger partial charge in [-0.1, -0.05) is 11.6 Å². The molecule has 2 atom stereocenters. The number of benzene rings is 1. The molecule has 1 aromatic carbocycles. The second kappa shape index (κ2) is 10.7. The molecule has 0 radical (unpaired) electrons. The molecular weight excluding hydrogens is 544 g/mol. The zero-order valence-electron chi connectivity index (χ0n) is 21.3. The van der Waals surface area contributed by atoms with Crippen LogP contribution in [0.4, 0.5) is 14.6 Å². The first kappa shape index (κ1) is 26.0. The number of H-pyrrole nitrogens is 1. The van der Waals surface area contributed by atoms with Crippen LogP contribution in [-0.2, 0) is 9.53 Å². The number of tetrazole rings is 1. The smallest absolute Gasteiger partial charge is 0.247 e. The zero-order valence-corrected chi connectivity index (χ0v) is 22.1. The van der Waals surface area contributed by atoms with E-state index in [0.717, 1.165) is 0 Å². The highest BCUT2D eigenvalue weighted by molar-refractivity contribution is 6.31. The predicted molar refractivity (Wildman–Crippen MR) is 141 cm³/mol. The van der Waals surface area contributed by atoms with Crippen LogP contribution in [0.5, 0.6) is 0 Å². The van der Waals surface area contributed by atoms with Gasteiger partial charge in [0.05, 0.1) is 35.2 Å². The lowest BCUT2D eigenvalue weighted by Crippen LogP contribution is -2.39. The minimum atomic E-state index is -0.636. The van der Waals surface area contributed by atoms with Gasteiger partial charge in [-0.15, -0.1) is 5.10 Å². The van der Waals surface area contributed by atoms with Gasteiger partial charge in [-0.3, -0.25) is 4.79 Å².